The summed E-state index contributed by atoms with van der Waals surface area (Å²) in [6.45, 7) is 0. The Kier molecular flexibility index (Phi) is 6.18. The van der Waals surface area contributed by atoms with Crippen molar-refractivity contribution in [2.24, 2.45) is 5.10 Å². The number of nitrogens with one attached hydrogen (secondary N) is 1. The lowest BCUT2D eigenvalue weighted by Crippen LogP contribution is -2.17. The van der Waals surface area contributed by atoms with Gasteiger partial charge < -0.3 is 13.9 Å². The Bertz CT molecular complexity index is 1090. The van der Waals surface area contributed by atoms with Gasteiger partial charge in [0.25, 0.3) is 0 Å². The molecule has 10 heteroatoms. The molecule has 0 saturated heterocycles. The number of nitro groups is 1. The van der Waals surface area contributed by atoms with E-state index >= 15 is 0 Å². The standard InChI is InChI=1S/C20H15N3O7/c1-28-15-9-7-13(8-10-15)20(25)30-18-14(4-2-5-16(18)23(26)27)12-21-22-19(24)17-6-3-11-29-17/h2-12H,1H3,(H,22,24)/b21-12+. The molecule has 0 aliphatic heterocycles. The minimum Gasteiger partial charge on any atom is -0.497 e. The van der Waals surface area contributed by atoms with Gasteiger partial charge in [0.15, 0.2) is 5.76 Å². The van der Waals surface area contributed by atoms with E-state index < -0.39 is 22.5 Å². The Labute approximate surface area is 169 Å². The van der Waals surface area contributed by atoms with E-state index in [1.807, 2.05) is 0 Å². The van der Waals surface area contributed by atoms with Crippen LogP contribution in [-0.4, -0.2) is 30.1 Å². The van der Waals surface area contributed by atoms with E-state index in [0.717, 1.165) is 6.21 Å². The Balaban J connectivity index is 1.84. The summed E-state index contributed by atoms with van der Waals surface area (Å²) >= 11 is 0. The molecule has 0 fully saturated rings. The number of rotatable bonds is 7. The van der Waals surface area contributed by atoms with Gasteiger partial charge in [-0.2, -0.15) is 5.10 Å². The van der Waals surface area contributed by atoms with Crippen molar-refractivity contribution in [1.29, 1.82) is 0 Å². The minimum absolute atomic E-state index is 0.0392. The normalized spacial score (nSPS) is 10.6. The number of hydrogen-bond acceptors (Lipinski definition) is 8. The first kappa shape index (κ1) is 20.3. The molecule has 0 spiro atoms. The number of hydrogen-bond donors (Lipinski definition) is 1. The highest BCUT2D eigenvalue weighted by Crippen LogP contribution is 2.31. The van der Waals surface area contributed by atoms with E-state index in [0.29, 0.717) is 5.75 Å². The van der Waals surface area contributed by atoms with E-state index in [-0.39, 0.29) is 22.6 Å². The number of para-hydroxylation sites is 1. The smallest absolute Gasteiger partial charge is 0.343 e. The molecule has 0 bridgehead atoms. The quantitative estimate of drug-likeness (QED) is 0.208. The van der Waals surface area contributed by atoms with E-state index in [2.05, 4.69) is 10.5 Å². The molecule has 0 saturated carbocycles. The Morgan fingerprint density at radius 1 is 1.13 bits per heavy atom. The molecule has 3 rings (SSSR count). The molecule has 0 aliphatic carbocycles. The average Bonchev–Trinajstić information content (AvgIpc) is 3.29. The molecule has 3 aromatic rings. The number of ether oxygens (including phenoxy) is 2. The molecule has 10 nitrogen and oxygen atoms in total. The van der Waals surface area contributed by atoms with Crippen LogP contribution in [0.1, 0.15) is 26.5 Å². The van der Waals surface area contributed by atoms with Crippen molar-refractivity contribution >= 4 is 23.8 Å². The van der Waals surface area contributed by atoms with Gasteiger partial charge in [0.1, 0.15) is 5.75 Å². The Morgan fingerprint density at radius 3 is 2.53 bits per heavy atom. The van der Waals surface area contributed by atoms with Crippen LogP contribution in [0.25, 0.3) is 0 Å². The minimum atomic E-state index is -0.804. The lowest BCUT2D eigenvalue weighted by molar-refractivity contribution is -0.385. The molecule has 0 atom stereocenters. The predicted molar refractivity (Wildman–Crippen MR) is 105 cm³/mol. The number of carbonyl (C=O) groups excluding carboxylic acids is 2. The van der Waals surface area contributed by atoms with Gasteiger partial charge in [0.05, 0.1) is 30.1 Å². The molecule has 0 aliphatic rings. The molecular formula is C20H15N3O7. The maximum absolute atomic E-state index is 12.5. The van der Waals surface area contributed by atoms with Gasteiger partial charge in [0, 0.05) is 11.6 Å². The Hall–Kier alpha value is -4.47. The van der Waals surface area contributed by atoms with Crippen LogP contribution in [0.3, 0.4) is 0 Å². The highest BCUT2D eigenvalue weighted by molar-refractivity contribution is 5.95. The van der Waals surface area contributed by atoms with Crippen molar-refractivity contribution in [2.75, 3.05) is 7.11 Å². The van der Waals surface area contributed by atoms with E-state index in [4.69, 9.17) is 13.9 Å². The third-order valence-corrected chi connectivity index (χ3v) is 3.86. The van der Waals surface area contributed by atoms with Gasteiger partial charge in [-0.3, -0.25) is 14.9 Å². The molecule has 30 heavy (non-hydrogen) atoms. The van der Waals surface area contributed by atoms with Crippen molar-refractivity contribution < 1.29 is 28.4 Å². The highest BCUT2D eigenvalue weighted by Gasteiger charge is 2.22. The van der Waals surface area contributed by atoms with Crippen molar-refractivity contribution in [2.45, 2.75) is 0 Å². The molecule has 0 unspecified atom stereocenters. The third-order valence-electron chi connectivity index (χ3n) is 3.86. The Morgan fingerprint density at radius 2 is 1.90 bits per heavy atom. The van der Waals surface area contributed by atoms with E-state index in [1.54, 1.807) is 12.1 Å². The summed E-state index contributed by atoms with van der Waals surface area (Å²) in [6, 6.07) is 13.1. The number of carbonyl (C=O) groups is 2. The van der Waals surface area contributed by atoms with Crippen LogP contribution in [0, 0.1) is 10.1 Å². The largest absolute Gasteiger partial charge is 0.497 e. The predicted octanol–water partition coefficient (Wildman–Crippen LogP) is 3.18. The molecule has 152 valence electrons. The van der Waals surface area contributed by atoms with Crippen molar-refractivity contribution in [1.82, 2.24) is 5.43 Å². The van der Waals surface area contributed by atoms with Crippen LogP contribution in [0.2, 0.25) is 0 Å². The fourth-order valence-corrected chi connectivity index (χ4v) is 2.40. The molecule has 1 amide bonds. The number of hydrazone groups is 1. The number of furan rings is 1. The molecule has 0 radical (unpaired) electrons. The van der Waals surface area contributed by atoms with Gasteiger partial charge in [-0.25, -0.2) is 10.2 Å². The summed E-state index contributed by atoms with van der Waals surface area (Å²) in [5, 5.41) is 15.1. The van der Waals surface area contributed by atoms with Crippen LogP contribution in [-0.2, 0) is 0 Å². The maximum atomic E-state index is 12.5. The first-order valence-electron chi connectivity index (χ1n) is 8.50. The second kappa shape index (κ2) is 9.15. The second-order valence-electron chi connectivity index (χ2n) is 5.75. The van der Waals surface area contributed by atoms with Crippen LogP contribution in [0.4, 0.5) is 5.69 Å². The summed E-state index contributed by atoms with van der Waals surface area (Å²) in [4.78, 5) is 35.0. The van der Waals surface area contributed by atoms with Crippen molar-refractivity contribution in [3.05, 3.63) is 87.9 Å². The summed E-state index contributed by atoms with van der Waals surface area (Å²) in [6.07, 6.45) is 2.46. The molecular weight excluding hydrogens is 394 g/mol. The number of nitrogens with zero attached hydrogens (tertiary/aromatic N) is 2. The van der Waals surface area contributed by atoms with Crippen LogP contribution in [0.15, 0.2) is 70.4 Å². The van der Waals surface area contributed by atoms with Crippen LogP contribution >= 0.6 is 0 Å². The number of benzene rings is 2. The fraction of sp³-hybridized carbons (Fsp3) is 0.0500. The number of methoxy groups -OCH3 is 1. The zero-order chi connectivity index (χ0) is 21.5. The maximum Gasteiger partial charge on any atom is 0.343 e. The molecule has 1 N–H and O–H groups in total. The number of amides is 1. The van der Waals surface area contributed by atoms with Gasteiger partial charge in [-0.15, -0.1) is 0 Å². The summed E-state index contributed by atoms with van der Waals surface area (Å²) in [7, 11) is 1.48. The molecule has 1 aromatic heterocycles. The van der Waals surface area contributed by atoms with Crippen LogP contribution in [0.5, 0.6) is 11.5 Å². The summed E-state index contributed by atoms with van der Waals surface area (Å²) in [5.74, 6) is -1.14. The van der Waals surface area contributed by atoms with Gasteiger partial charge in [-0.1, -0.05) is 6.07 Å². The summed E-state index contributed by atoms with van der Waals surface area (Å²) < 4.78 is 15.2. The average molecular weight is 409 g/mol. The topological polar surface area (TPSA) is 133 Å². The van der Waals surface area contributed by atoms with Crippen molar-refractivity contribution in [3.8, 4) is 11.5 Å². The first-order valence-corrected chi connectivity index (χ1v) is 8.50. The monoisotopic (exact) mass is 409 g/mol. The van der Waals surface area contributed by atoms with Crippen molar-refractivity contribution in [3.63, 3.8) is 0 Å². The van der Waals surface area contributed by atoms with E-state index in [9.17, 15) is 19.7 Å². The first-order chi connectivity index (χ1) is 14.5. The molecule has 1 heterocycles. The number of nitro benzene ring substituents is 1. The summed E-state index contributed by atoms with van der Waals surface area (Å²) in [5.41, 5.74) is 2.07. The lowest BCUT2D eigenvalue weighted by Gasteiger charge is -2.08. The van der Waals surface area contributed by atoms with Crippen LogP contribution < -0.4 is 14.9 Å². The zero-order valence-corrected chi connectivity index (χ0v) is 15.6. The van der Waals surface area contributed by atoms with E-state index in [1.165, 1.54) is 55.8 Å². The third kappa shape index (κ3) is 4.68. The SMILES string of the molecule is COc1ccc(C(=O)Oc2c(/C=N/NC(=O)c3ccco3)cccc2[N+](=O)[O-])cc1. The second-order valence-corrected chi connectivity index (χ2v) is 5.75. The zero-order valence-electron chi connectivity index (χ0n) is 15.6. The molecule has 2 aromatic carbocycles. The fourth-order valence-electron chi connectivity index (χ4n) is 2.40. The highest BCUT2D eigenvalue weighted by atomic mass is 16.6. The lowest BCUT2D eigenvalue weighted by atomic mass is 10.1. The number of esters is 1. The van der Waals surface area contributed by atoms with Gasteiger partial charge in [0.2, 0.25) is 5.75 Å². The van der Waals surface area contributed by atoms with Gasteiger partial charge in [-0.05, 0) is 42.5 Å². The van der Waals surface area contributed by atoms with Gasteiger partial charge >= 0.3 is 17.6 Å².